The van der Waals surface area contributed by atoms with E-state index in [1.54, 1.807) is 6.08 Å². The van der Waals surface area contributed by atoms with E-state index in [9.17, 15) is 4.79 Å². The first-order chi connectivity index (χ1) is 7.79. The largest absolute Gasteiger partial charge is 0.449 e. The molecule has 3 nitrogen and oxygen atoms in total. The highest BCUT2D eigenvalue weighted by molar-refractivity contribution is 5.88. The second kappa shape index (κ2) is 2.77. The smallest absolute Gasteiger partial charge is 0.332 e. The lowest BCUT2D eigenvalue weighted by molar-refractivity contribution is -0.155. The van der Waals surface area contributed by atoms with Gasteiger partial charge in [-0.25, -0.2) is 4.79 Å². The molecule has 0 N–H and O–H groups in total. The molecule has 2 saturated heterocycles. The molecule has 5 rings (SSSR count). The van der Waals surface area contributed by atoms with Gasteiger partial charge in [0.2, 0.25) is 0 Å². The Hall–Kier alpha value is -1.09. The molecule has 3 unspecified atom stereocenters. The predicted molar refractivity (Wildman–Crippen MR) is 58.8 cm³/mol. The minimum absolute atomic E-state index is 0.146. The quantitative estimate of drug-likeness (QED) is 0.574. The molecule has 0 aromatic heterocycles. The van der Waals surface area contributed by atoms with Crippen LogP contribution in [-0.4, -0.2) is 35.1 Å². The van der Waals surface area contributed by atoms with Crippen molar-refractivity contribution in [2.45, 2.75) is 43.4 Å². The number of piperidine rings is 1. The highest BCUT2D eigenvalue weighted by atomic mass is 16.6. The fourth-order valence-electron chi connectivity index (χ4n) is 3.97. The van der Waals surface area contributed by atoms with Crippen molar-refractivity contribution in [2.75, 3.05) is 6.54 Å². The van der Waals surface area contributed by atoms with Gasteiger partial charge in [-0.3, -0.25) is 4.90 Å². The summed E-state index contributed by atoms with van der Waals surface area (Å²) in [7, 11) is 0. The number of nitrogens with zero attached hydrogens (tertiary/aromatic N) is 1. The molecule has 0 aromatic rings. The molecule has 2 fully saturated rings. The number of rotatable bonds is 0. The summed E-state index contributed by atoms with van der Waals surface area (Å²) >= 11 is 0. The van der Waals surface area contributed by atoms with E-state index >= 15 is 0 Å². The van der Waals surface area contributed by atoms with Gasteiger partial charge in [-0.05, 0) is 32.2 Å². The van der Waals surface area contributed by atoms with E-state index in [0.29, 0.717) is 12.1 Å². The van der Waals surface area contributed by atoms with Gasteiger partial charge in [0.25, 0.3) is 0 Å². The number of esters is 1. The lowest BCUT2D eigenvalue weighted by Gasteiger charge is -2.46. The summed E-state index contributed by atoms with van der Waals surface area (Å²) in [6.45, 7) is 1.16. The van der Waals surface area contributed by atoms with E-state index in [1.165, 1.54) is 12.8 Å². The van der Waals surface area contributed by atoms with Crippen LogP contribution in [0.4, 0.5) is 0 Å². The topological polar surface area (TPSA) is 29.5 Å². The van der Waals surface area contributed by atoms with E-state index in [1.807, 2.05) is 0 Å². The molecule has 3 atom stereocenters. The maximum absolute atomic E-state index is 11.5. The average Bonchev–Trinajstić information content (AvgIpc) is 2.81. The molecule has 4 aliphatic heterocycles. The number of carbonyl (C=O) groups excluding carboxylic acids is 1. The zero-order valence-electron chi connectivity index (χ0n) is 9.19. The minimum Gasteiger partial charge on any atom is -0.449 e. The molecule has 0 radical (unpaired) electrons. The summed E-state index contributed by atoms with van der Waals surface area (Å²) < 4.78 is 5.71. The maximum atomic E-state index is 11.5. The standard InChI is InChI=1S/C13H15NO2/c15-12-8-9-3-4-10-5-6-13(9,16-12)11-2-1-7-14(10)11/h3-4,8,10-11H,1-2,5-7H2. The van der Waals surface area contributed by atoms with E-state index in [-0.39, 0.29) is 11.6 Å². The molecule has 0 saturated carbocycles. The third kappa shape index (κ3) is 0.908. The van der Waals surface area contributed by atoms with E-state index in [4.69, 9.17) is 4.74 Å². The van der Waals surface area contributed by atoms with E-state index in [2.05, 4.69) is 17.1 Å². The first kappa shape index (κ1) is 8.99. The summed E-state index contributed by atoms with van der Waals surface area (Å²) in [5, 5.41) is 0. The first-order valence-corrected chi connectivity index (χ1v) is 6.19. The van der Waals surface area contributed by atoms with Gasteiger partial charge in [0.15, 0.2) is 5.60 Å². The molecule has 5 aliphatic rings. The zero-order valence-corrected chi connectivity index (χ0v) is 9.19. The summed E-state index contributed by atoms with van der Waals surface area (Å²) in [6, 6.07) is 1.00. The number of hydrogen-bond acceptors (Lipinski definition) is 3. The van der Waals surface area contributed by atoms with Crippen LogP contribution in [0.3, 0.4) is 0 Å². The highest BCUT2D eigenvalue weighted by Crippen LogP contribution is 2.49. The number of ether oxygens (including phenoxy) is 1. The number of fused-ring (bicyclic) bond motifs is 1. The molecular formula is C13H15NO2. The Morgan fingerprint density at radius 3 is 3.31 bits per heavy atom. The lowest BCUT2D eigenvalue weighted by Crippen LogP contribution is -2.56. The van der Waals surface area contributed by atoms with Gasteiger partial charge in [-0.2, -0.15) is 0 Å². The SMILES string of the molecule is O=C1C=C2C=CC3CCC2(O1)C1CCCN31. The average molecular weight is 217 g/mol. The summed E-state index contributed by atoms with van der Waals surface area (Å²) in [5.41, 5.74) is 0.825. The summed E-state index contributed by atoms with van der Waals surface area (Å²) in [4.78, 5) is 14.1. The molecule has 0 aromatic carbocycles. The van der Waals surface area contributed by atoms with Crippen molar-refractivity contribution in [3.05, 3.63) is 23.8 Å². The zero-order chi connectivity index (χ0) is 10.8. The molecule has 4 heterocycles. The molecule has 1 spiro atoms. The Kier molecular flexibility index (Phi) is 1.56. The first-order valence-electron chi connectivity index (χ1n) is 6.19. The van der Waals surface area contributed by atoms with Crippen LogP contribution in [0.5, 0.6) is 0 Å². The Morgan fingerprint density at radius 2 is 2.38 bits per heavy atom. The van der Waals surface area contributed by atoms with Crippen molar-refractivity contribution in [1.82, 2.24) is 4.90 Å². The summed E-state index contributed by atoms with van der Waals surface area (Å²) in [6.07, 6.45) is 10.6. The van der Waals surface area contributed by atoms with Gasteiger partial charge >= 0.3 is 5.97 Å². The van der Waals surface area contributed by atoms with Crippen LogP contribution >= 0.6 is 0 Å². The van der Waals surface area contributed by atoms with Crippen molar-refractivity contribution in [3.8, 4) is 0 Å². The van der Waals surface area contributed by atoms with Crippen LogP contribution in [0.1, 0.15) is 25.7 Å². The lowest BCUT2D eigenvalue weighted by atomic mass is 9.79. The van der Waals surface area contributed by atoms with Crippen molar-refractivity contribution < 1.29 is 9.53 Å². The molecule has 1 aliphatic carbocycles. The predicted octanol–water partition coefficient (Wildman–Crippen LogP) is 1.41. The second-order valence-corrected chi connectivity index (χ2v) is 5.27. The van der Waals surface area contributed by atoms with Gasteiger partial charge in [-0.1, -0.05) is 12.2 Å². The van der Waals surface area contributed by atoms with Crippen LogP contribution in [-0.2, 0) is 9.53 Å². The molecule has 2 bridgehead atoms. The van der Waals surface area contributed by atoms with Crippen molar-refractivity contribution in [1.29, 1.82) is 0 Å². The van der Waals surface area contributed by atoms with Crippen molar-refractivity contribution in [3.63, 3.8) is 0 Å². The fourth-order valence-corrected chi connectivity index (χ4v) is 3.97. The second-order valence-electron chi connectivity index (χ2n) is 5.27. The highest BCUT2D eigenvalue weighted by Gasteiger charge is 2.56. The van der Waals surface area contributed by atoms with Crippen LogP contribution in [0.25, 0.3) is 0 Å². The monoisotopic (exact) mass is 217 g/mol. The third-order valence-corrected chi connectivity index (χ3v) is 4.61. The van der Waals surface area contributed by atoms with Crippen LogP contribution in [0, 0.1) is 0 Å². The maximum Gasteiger partial charge on any atom is 0.332 e. The molecule has 84 valence electrons. The van der Waals surface area contributed by atoms with Crippen molar-refractivity contribution >= 4 is 5.97 Å². The Bertz CT molecular complexity index is 426. The van der Waals surface area contributed by atoms with Gasteiger partial charge in [0.1, 0.15) is 0 Å². The van der Waals surface area contributed by atoms with Gasteiger partial charge in [-0.15, -0.1) is 0 Å². The van der Waals surface area contributed by atoms with Crippen LogP contribution in [0.2, 0.25) is 0 Å². The molecule has 0 amide bonds. The Labute approximate surface area is 94.8 Å². The van der Waals surface area contributed by atoms with E-state index in [0.717, 1.165) is 25.0 Å². The number of hydrogen-bond donors (Lipinski definition) is 0. The van der Waals surface area contributed by atoms with Gasteiger partial charge in [0, 0.05) is 17.7 Å². The van der Waals surface area contributed by atoms with Crippen LogP contribution in [0.15, 0.2) is 23.8 Å². The Morgan fingerprint density at radius 1 is 1.44 bits per heavy atom. The summed E-state index contributed by atoms with van der Waals surface area (Å²) in [5.74, 6) is -0.146. The van der Waals surface area contributed by atoms with Crippen LogP contribution < -0.4 is 0 Å². The molecular weight excluding hydrogens is 202 g/mol. The Balaban J connectivity index is 1.90. The third-order valence-electron chi connectivity index (χ3n) is 4.61. The number of carbonyl (C=O) groups is 1. The molecule has 16 heavy (non-hydrogen) atoms. The van der Waals surface area contributed by atoms with Gasteiger partial charge in [0.05, 0.1) is 6.04 Å². The molecule has 3 heteroatoms. The fraction of sp³-hybridized carbons (Fsp3) is 0.615. The minimum atomic E-state index is -0.295. The van der Waals surface area contributed by atoms with Gasteiger partial charge < -0.3 is 4.74 Å². The van der Waals surface area contributed by atoms with E-state index < -0.39 is 0 Å². The van der Waals surface area contributed by atoms with Crippen molar-refractivity contribution in [2.24, 2.45) is 0 Å². The normalized spacial score (nSPS) is 45.0.